The molecule has 1 aromatic rings. The fraction of sp³-hybridized carbons (Fsp3) is 0.600. The van der Waals surface area contributed by atoms with Gasteiger partial charge in [-0.15, -0.1) is 0 Å². The first-order valence-electron chi connectivity index (χ1n) is 9.54. The second kappa shape index (κ2) is 7.00. The highest BCUT2D eigenvalue weighted by molar-refractivity contribution is 5.97. The van der Waals surface area contributed by atoms with Crippen molar-refractivity contribution in [3.63, 3.8) is 0 Å². The molecule has 0 spiro atoms. The molecule has 0 radical (unpaired) electrons. The highest BCUT2D eigenvalue weighted by Crippen LogP contribution is 2.45. The number of amides is 1. The lowest BCUT2D eigenvalue weighted by Crippen LogP contribution is -2.55. The van der Waals surface area contributed by atoms with Gasteiger partial charge in [0.2, 0.25) is 0 Å². The molecule has 2 saturated heterocycles. The number of nitrogens with zero attached hydrogens (tertiary/aromatic N) is 2. The standard InChI is InChI=1S/C20H25FN2O5/c1-20(8-22(2)9-20)10-28-17-6-15(21)14(5-13(17)12-3-4-12)18(24)23-11-27-7-16(23)19(25)26/h5-6,12,16H,3-4,7-11H2,1-2H3,(H,25,26)/t16-/m0/s1. The summed E-state index contributed by atoms with van der Waals surface area (Å²) in [4.78, 5) is 27.4. The van der Waals surface area contributed by atoms with Crippen LogP contribution in [-0.4, -0.2) is 72.9 Å². The maximum atomic E-state index is 14.8. The molecule has 0 bridgehead atoms. The number of benzene rings is 1. The summed E-state index contributed by atoms with van der Waals surface area (Å²) >= 11 is 0. The summed E-state index contributed by atoms with van der Waals surface area (Å²) in [6, 6.07) is 1.72. The molecule has 1 aliphatic carbocycles. The molecule has 3 aliphatic rings. The van der Waals surface area contributed by atoms with Gasteiger partial charge in [0.15, 0.2) is 6.04 Å². The molecule has 1 atom stereocenters. The average Bonchev–Trinajstić information content (AvgIpc) is 3.33. The molecule has 2 heterocycles. The number of rotatable bonds is 6. The highest BCUT2D eigenvalue weighted by Gasteiger charge is 2.39. The second-order valence-corrected chi connectivity index (χ2v) is 8.54. The third kappa shape index (κ3) is 3.58. The summed E-state index contributed by atoms with van der Waals surface area (Å²) < 4.78 is 25.9. The van der Waals surface area contributed by atoms with E-state index in [2.05, 4.69) is 11.8 Å². The smallest absolute Gasteiger partial charge is 0.328 e. The van der Waals surface area contributed by atoms with Crippen LogP contribution in [0.2, 0.25) is 0 Å². The summed E-state index contributed by atoms with van der Waals surface area (Å²) in [7, 11) is 2.05. The maximum absolute atomic E-state index is 14.8. The Labute approximate surface area is 163 Å². The van der Waals surface area contributed by atoms with Crippen molar-refractivity contribution >= 4 is 11.9 Å². The fourth-order valence-electron chi connectivity index (χ4n) is 4.18. The first-order valence-corrected chi connectivity index (χ1v) is 9.54. The van der Waals surface area contributed by atoms with E-state index in [0.29, 0.717) is 12.4 Å². The summed E-state index contributed by atoms with van der Waals surface area (Å²) in [5.74, 6) is -1.78. The number of carbonyl (C=O) groups is 2. The van der Waals surface area contributed by atoms with Gasteiger partial charge in [0, 0.05) is 24.6 Å². The lowest BCUT2D eigenvalue weighted by molar-refractivity contribution is -0.141. The molecule has 2 aliphatic heterocycles. The zero-order valence-corrected chi connectivity index (χ0v) is 16.1. The Hall–Kier alpha value is -2.19. The van der Waals surface area contributed by atoms with Crippen LogP contribution in [0.4, 0.5) is 4.39 Å². The Morgan fingerprint density at radius 1 is 1.36 bits per heavy atom. The largest absolute Gasteiger partial charge is 0.493 e. The van der Waals surface area contributed by atoms with Gasteiger partial charge in [0.05, 0.1) is 18.8 Å². The van der Waals surface area contributed by atoms with Crippen LogP contribution in [-0.2, 0) is 9.53 Å². The Balaban J connectivity index is 1.57. The highest BCUT2D eigenvalue weighted by atomic mass is 19.1. The van der Waals surface area contributed by atoms with E-state index in [4.69, 9.17) is 9.47 Å². The predicted molar refractivity (Wildman–Crippen MR) is 97.9 cm³/mol. The molecule has 3 fully saturated rings. The van der Waals surface area contributed by atoms with Crippen LogP contribution in [0.5, 0.6) is 5.75 Å². The minimum Gasteiger partial charge on any atom is -0.493 e. The number of carboxylic acid groups (broad SMARTS) is 1. The number of likely N-dealkylation sites (tertiary alicyclic amines) is 1. The number of carboxylic acids is 1. The van der Waals surface area contributed by atoms with Crippen LogP contribution in [0.15, 0.2) is 12.1 Å². The van der Waals surface area contributed by atoms with Gasteiger partial charge in [-0.3, -0.25) is 9.69 Å². The molecular formula is C20H25FN2O5. The molecule has 1 saturated carbocycles. The SMILES string of the molecule is CN1CC(C)(COc2cc(F)c(C(=O)N3COC[C@H]3C(=O)O)cc2C2CC2)C1. The number of hydrogen-bond acceptors (Lipinski definition) is 5. The van der Waals surface area contributed by atoms with Crippen LogP contribution in [0, 0.1) is 11.2 Å². The van der Waals surface area contributed by atoms with Crippen molar-refractivity contribution in [3.05, 3.63) is 29.1 Å². The normalized spacial score (nSPS) is 24.1. The number of ether oxygens (including phenoxy) is 2. The van der Waals surface area contributed by atoms with Crippen molar-refractivity contribution in [2.45, 2.75) is 31.7 Å². The fourth-order valence-corrected chi connectivity index (χ4v) is 4.18. The molecule has 152 valence electrons. The van der Waals surface area contributed by atoms with E-state index in [1.54, 1.807) is 0 Å². The van der Waals surface area contributed by atoms with E-state index in [-0.39, 0.29) is 30.2 Å². The van der Waals surface area contributed by atoms with Gasteiger partial charge in [-0.05, 0) is 37.4 Å². The van der Waals surface area contributed by atoms with E-state index in [1.807, 2.05) is 7.05 Å². The van der Waals surface area contributed by atoms with Crippen LogP contribution < -0.4 is 4.74 Å². The minimum absolute atomic E-state index is 0.0438. The van der Waals surface area contributed by atoms with Crippen molar-refractivity contribution < 1.29 is 28.6 Å². The first kappa shape index (κ1) is 19.1. The van der Waals surface area contributed by atoms with Gasteiger partial charge in [0.1, 0.15) is 18.3 Å². The minimum atomic E-state index is -1.16. The molecule has 0 aromatic heterocycles. The van der Waals surface area contributed by atoms with Gasteiger partial charge in [0.25, 0.3) is 5.91 Å². The van der Waals surface area contributed by atoms with Crippen molar-refractivity contribution in [2.24, 2.45) is 5.41 Å². The number of hydrogen-bond donors (Lipinski definition) is 1. The van der Waals surface area contributed by atoms with Gasteiger partial charge in [-0.1, -0.05) is 6.92 Å². The first-order chi connectivity index (χ1) is 13.3. The zero-order chi connectivity index (χ0) is 20.1. The van der Waals surface area contributed by atoms with Crippen LogP contribution in [0.25, 0.3) is 0 Å². The van der Waals surface area contributed by atoms with E-state index < -0.39 is 23.7 Å². The van der Waals surface area contributed by atoms with Gasteiger partial charge in [-0.2, -0.15) is 0 Å². The van der Waals surface area contributed by atoms with Gasteiger partial charge in [-0.25, -0.2) is 9.18 Å². The van der Waals surface area contributed by atoms with E-state index in [1.165, 1.54) is 12.1 Å². The number of aliphatic carboxylic acids is 1. The molecule has 0 unspecified atom stereocenters. The summed E-state index contributed by atoms with van der Waals surface area (Å²) in [6.07, 6.45) is 1.94. The maximum Gasteiger partial charge on any atom is 0.328 e. The average molecular weight is 392 g/mol. The molecule has 4 rings (SSSR count). The molecule has 8 heteroatoms. The quantitative estimate of drug-likeness (QED) is 0.797. The third-order valence-corrected chi connectivity index (χ3v) is 5.65. The molecule has 1 N–H and O–H groups in total. The lowest BCUT2D eigenvalue weighted by Gasteiger charge is -2.45. The Kier molecular flexibility index (Phi) is 4.79. The van der Waals surface area contributed by atoms with Crippen molar-refractivity contribution in [1.29, 1.82) is 0 Å². The van der Waals surface area contributed by atoms with Crippen LogP contribution in [0.3, 0.4) is 0 Å². The van der Waals surface area contributed by atoms with Crippen molar-refractivity contribution in [2.75, 3.05) is 40.1 Å². The molecule has 1 amide bonds. The van der Waals surface area contributed by atoms with E-state index in [0.717, 1.165) is 36.4 Å². The van der Waals surface area contributed by atoms with Crippen LogP contribution in [0.1, 0.15) is 41.6 Å². The monoisotopic (exact) mass is 392 g/mol. The lowest BCUT2D eigenvalue weighted by atomic mass is 9.83. The predicted octanol–water partition coefficient (Wildman–Crippen LogP) is 1.92. The summed E-state index contributed by atoms with van der Waals surface area (Å²) in [5, 5.41) is 9.25. The Morgan fingerprint density at radius 2 is 2.07 bits per heavy atom. The van der Waals surface area contributed by atoms with E-state index >= 15 is 0 Å². The topological polar surface area (TPSA) is 79.3 Å². The van der Waals surface area contributed by atoms with E-state index in [9.17, 15) is 19.1 Å². The summed E-state index contributed by atoms with van der Waals surface area (Å²) in [6.45, 7) is 4.24. The van der Waals surface area contributed by atoms with Gasteiger partial charge >= 0.3 is 5.97 Å². The zero-order valence-electron chi connectivity index (χ0n) is 16.1. The molecule has 1 aromatic carbocycles. The van der Waals surface area contributed by atoms with Crippen LogP contribution >= 0.6 is 0 Å². The summed E-state index contributed by atoms with van der Waals surface area (Å²) in [5.41, 5.74) is 0.746. The Morgan fingerprint density at radius 3 is 2.68 bits per heavy atom. The van der Waals surface area contributed by atoms with Crippen molar-refractivity contribution in [1.82, 2.24) is 9.80 Å². The second-order valence-electron chi connectivity index (χ2n) is 8.54. The molecule has 28 heavy (non-hydrogen) atoms. The molecular weight excluding hydrogens is 367 g/mol. The van der Waals surface area contributed by atoms with Crippen molar-refractivity contribution in [3.8, 4) is 5.75 Å². The molecule has 7 nitrogen and oxygen atoms in total. The number of halogens is 1. The third-order valence-electron chi connectivity index (χ3n) is 5.65. The van der Waals surface area contributed by atoms with Gasteiger partial charge < -0.3 is 19.5 Å². The number of carbonyl (C=O) groups excluding carboxylic acids is 1. The Bertz CT molecular complexity index is 804.